The summed E-state index contributed by atoms with van der Waals surface area (Å²) in [6, 6.07) is 0.705. The molecule has 1 unspecified atom stereocenters. The molecule has 112 valence electrons. The van der Waals surface area contributed by atoms with E-state index in [0.717, 1.165) is 5.92 Å². The van der Waals surface area contributed by atoms with E-state index < -0.39 is 0 Å². The number of hydrogen-bond acceptors (Lipinski definition) is 2. The molecule has 2 fully saturated rings. The van der Waals surface area contributed by atoms with Crippen LogP contribution in [0.25, 0.3) is 0 Å². The van der Waals surface area contributed by atoms with Crippen molar-refractivity contribution in [1.82, 2.24) is 10.2 Å². The van der Waals surface area contributed by atoms with Crippen LogP contribution >= 0.6 is 0 Å². The zero-order valence-electron chi connectivity index (χ0n) is 13.8. The van der Waals surface area contributed by atoms with Crippen molar-refractivity contribution in [2.75, 3.05) is 13.1 Å². The Morgan fingerprint density at radius 2 is 1.79 bits per heavy atom. The van der Waals surface area contributed by atoms with E-state index in [2.05, 4.69) is 44.8 Å². The van der Waals surface area contributed by atoms with Crippen molar-refractivity contribution in [1.29, 1.82) is 0 Å². The van der Waals surface area contributed by atoms with Crippen LogP contribution in [0.4, 0.5) is 0 Å². The first-order valence-corrected chi connectivity index (χ1v) is 8.48. The molecule has 1 heterocycles. The van der Waals surface area contributed by atoms with Crippen molar-refractivity contribution in [3.8, 4) is 0 Å². The maximum atomic E-state index is 3.93. The number of hydrogen-bond donors (Lipinski definition) is 1. The summed E-state index contributed by atoms with van der Waals surface area (Å²) in [6.45, 7) is 14.4. The second kappa shape index (κ2) is 5.73. The Morgan fingerprint density at radius 3 is 2.26 bits per heavy atom. The third kappa shape index (κ3) is 2.85. The maximum Gasteiger partial charge on any atom is 0.0309 e. The normalized spacial score (nSPS) is 28.4. The van der Waals surface area contributed by atoms with Gasteiger partial charge < -0.3 is 5.32 Å². The average molecular weight is 266 g/mol. The zero-order valence-corrected chi connectivity index (χ0v) is 13.8. The summed E-state index contributed by atoms with van der Waals surface area (Å²) in [6.07, 6.45) is 8.14. The Morgan fingerprint density at radius 1 is 1.21 bits per heavy atom. The molecule has 0 amide bonds. The van der Waals surface area contributed by atoms with E-state index in [1.807, 2.05) is 0 Å². The van der Waals surface area contributed by atoms with E-state index in [4.69, 9.17) is 0 Å². The van der Waals surface area contributed by atoms with Gasteiger partial charge in [0.25, 0.3) is 0 Å². The fourth-order valence-corrected chi connectivity index (χ4v) is 4.16. The highest BCUT2D eigenvalue weighted by atomic mass is 15.3. The molecular formula is C17H34N2. The van der Waals surface area contributed by atoms with Crippen molar-refractivity contribution in [2.45, 2.75) is 90.3 Å². The van der Waals surface area contributed by atoms with Gasteiger partial charge in [-0.2, -0.15) is 0 Å². The third-order valence-electron chi connectivity index (χ3n) is 6.11. The Balaban J connectivity index is 2.21. The van der Waals surface area contributed by atoms with E-state index in [-0.39, 0.29) is 0 Å². The van der Waals surface area contributed by atoms with Gasteiger partial charge in [-0.15, -0.1) is 0 Å². The van der Waals surface area contributed by atoms with E-state index in [0.29, 0.717) is 17.1 Å². The van der Waals surface area contributed by atoms with Gasteiger partial charge in [-0.3, -0.25) is 4.90 Å². The molecule has 2 rings (SSSR count). The minimum absolute atomic E-state index is 0.382. The summed E-state index contributed by atoms with van der Waals surface area (Å²) in [5.74, 6) is 0.740. The Labute approximate surface area is 120 Å². The molecule has 2 heteroatoms. The lowest BCUT2D eigenvalue weighted by molar-refractivity contribution is -0.0287. The molecule has 0 aromatic rings. The molecule has 1 spiro atoms. The summed E-state index contributed by atoms with van der Waals surface area (Å²) in [5.41, 5.74) is 0.823. The van der Waals surface area contributed by atoms with Crippen molar-refractivity contribution < 1.29 is 0 Å². The number of piperazine rings is 1. The lowest BCUT2D eigenvalue weighted by Gasteiger charge is -2.55. The molecule has 1 aliphatic heterocycles. The van der Waals surface area contributed by atoms with Crippen LogP contribution in [0, 0.1) is 5.92 Å². The van der Waals surface area contributed by atoms with E-state index >= 15 is 0 Å². The van der Waals surface area contributed by atoms with Crippen molar-refractivity contribution in [3.05, 3.63) is 0 Å². The fourth-order valence-electron chi connectivity index (χ4n) is 4.16. The van der Waals surface area contributed by atoms with Gasteiger partial charge in [-0.1, -0.05) is 40.5 Å². The van der Waals surface area contributed by atoms with Crippen molar-refractivity contribution >= 4 is 0 Å². The summed E-state index contributed by atoms with van der Waals surface area (Å²) in [5, 5.41) is 3.93. The monoisotopic (exact) mass is 266 g/mol. The van der Waals surface area contributed by atoms with Crippen LogP contribution in [-0.4, -0.2) is 35.1 Å². The highest BCUT2D eigenvalue weighted by molar-refractivity contribution is 5.05. The molecule has 2 aliphatic rings. The predicted octanol–water partition coefficient (Wildman–Crippen LogP) is 3.81. The van der Waals surface area contributed by atoms with Crippen LogP contribution in [0.15, 0.2) is 0 Å². The molecule has 1 saturated heterocycles. The fraction of sp³-hybridized carbons (Fsp3) is 1.00. The summed E-state index contributed by atoms with van der Waals surface area (Å²) in [7, 11) is 0. The predicted molar refractivity (Wildman–Crippen MR) is 83.5 cm³/mol. The van der Waals surface area contributed by atoms with Crippen LogP contribution in [0.2, 0.25) is 0 Å². The van der Waals surface area contributed by atoms with Gasteiger partial charge in [0.05, 0.1) is 0 Å². The van der Waals surface area contributed by atoms with E-state index in [9.17, 15) is 0 Å². The Hall–Kier alpha value is -0.0800. The van der Waals surface area contributed by atoms with E-state index in [1.165, 1.54) is 51.6 Å². The number of nitrogens with zero attached hydrogens (tertiary/aromatic N) is 1. The lowest BCUT2D eigenvalue weighted by atomic mass is 9.82. The second-order valence-electron chi connectivity index (χ2n) is 7.51. The summed E-state index contributed by atoms with van der Waals surface area (Å²) >= 11 is 0. The smallest absolute Gasteiger partial charge is 0.0309 e. The highest BCUT2D eigenvalue weighted by Crippen LogP contribution is 2.38. The molecule has 1 aliphatic carbocycles. The van der Waals surface area contributed by atoms with Crippen LogP contribution in [0.1, 0.15) is 73.1 Å². The third-order valence-corrected chi connectivity index (χ3v) is 6.11. The van der Waals surface area contributed by atoms with Gasteiger partial charge in [0, 0.05) is 30.2 Å². The maximum absolute atomic E-state index is 3.93. The van der Waals surface area contributed by atoms with Crippen LogP contribution in [0.3, 0.4) is 0 Å². The lowest BCUT2D eigenvalue weighted by Crippen LogP contribution is -2.69. The molecule has 0 aromatic heterocycles. The molecule has 19 heavy (non-hydrogen) atoms. The topological polar surface area (TPSA) is 15.3 Å². The van der Waals surface area contributed by atoms with Gasteiger partial charge in [0.1, 0.15) is 0 Å². The first-order chi connectivity index (χ1) is 8.96. The van der Waals surface area contributed by atoms with Crippen LogP contribution in [-0.2, 0) is 0 Å². The first-order valence-electron chi connectivity index (χ1n) is 8.48. The summed E-state index contributed by atoms with van der Waals surface area (Å²) < 4.78 is 0. The molecule has 2 nitrogen and oxygen atoms in total. The van der Waals surface area contributed by atoms with Gasteiger partial charge in [-0.05, 0) is 38.5 Å². The Kier molecular flexibility index (Phi) is 4.62. The van der Waals surface area contributed by atoms with Gasteiger partial charge in [0.15, 0.2) is 0 Å². The van der Waals surface area contributed by atoms with Crippen molar-refractivity contribution in [3.63, 3.8) is 0 Å². The second-order valence-corrected chi connectivity index (χ2v) is 7.51. The number of rotatable bonds is 4. The van der Waals surface area contributed by atoms with Crippen LogP contribution in [0.5, 0.6) is 0 Å². The van der Waals surface area contributed by atoms with Crippen LogP contribution < -0.4 is 5.32 Å². The largest absolute Gasteiger partial charge is 0.308 e. The van der Waals surface area contributed by atoms with Crippen molar-refractivity contribution in [2.24, 2.45) is 5.92 Å². The number of nitrogens with one attached hydrogen (secondary N) is 1. The molecular weight excluding hydrogens is 232 g/mol. The van der Waals surface area contributed by atoms with Gasteiger partial charge in [-0.25, -0.2) is 0 Å². The molecule has 1 N–H and O–H groups in total. The van der Waals surface area contributed by atoms with Gasteiger partial charge in [0.2, 0.25) is 0 Å². The average Bonchev–Trinajstić information content (AvgIpc) is 2.85. The SMILES string of the molecule is CCC(C)(CC)N1CC2(CCCC2)NCC1C(C)C. The Bertz CT molecular complexity index is 288. The molecule has 1 saturated carbocycles. The first kappa shape index (κ1) is 15.3. The molecule has 0 aromatic carbocycles. The highest BCUT2D eigenvalue weighted by Gasteiger charge is 2.46. The summed E-state index contributed by atoms with van der Waals surface area (Å²) in [4.78, 5) is 2.87. The molecule has 0 radical (unpaired) electrons. The zero-order chi connectivity index (χ0) is 14.1. The quantitative estimate of drug-likeness (QED) is 0.832. The molecule has 0 bridgehead atoms. The molecule has 1 atom stereocenters. The standard InChI is InChI=1S/C17H34N2/c1-6-16(5,7-2)19-13-17(10-8-9-11-17)18-12-15(19)14(3)4/h14-15,18H,6-13H2,1-5H3. The minimum atomic E-state index is 0.382. The van der Waals surface area contributed by atoms with Gasteiger partial charge >= 0.3 is 0 Å². The minimum Gasteiger partial charge on any atom is -0.308 e. The van der Waals surface area contributed by atoms with E-state index in [1.54, 1.807) is 0 Å².